The first-order valence-electron chi connectivity index (χ1n) is 12.1. The minimum atomic E-state index is -1.19. The molecule has 54 heavy (non-hydrogen) atoms. The SMILES string of the molecule is C=C(C)C(=O)O.C=C(C)C(=O)O.C=C(C)C(=O)[O-].C=C(C)C(=O)[O-].C=C(C)C(=O)[O-].C=C(C)C(=O)[O-].C=C(C)C(=O)[O-].C=C(C)C(=O)[O-].[Eu+3].[Eu+3].[OH3+].[OH3+].[OH3+].[OH3+]. The Morgan fingerprint density at radius 3 is 0.333 bits per heavy atom. The van der Waals surface area contributed by atoms with Crippen LogP contribution in [-0.4, -0.2) is 58.0 Å². The van der Waals surface area contributed by atoms with Gasteiger partial charge in [-0.15, -0.1) is 0 Å². The second-order valence-corrected chi connectivity index (χ2v) is 8.58. The molecule has 312 valence electrons. The van der Waals surface area contributed by atoms with Gasteiger partial charge in [-0.05, 0) is 88.8 Å². The van der Waals surface area contributed by atoms with E-state index in [1.54, 1.807) is 0 Å². The maximum absolute atomic E-state index is 9.60. The Morgan fingerprint density at radius 1 is 0.296 bits per heavy atom. The van der Waals surface area contributed by atoms with Gasteiger partial charge < -0.3 is 91.5 Å². The van der Waals surface area contributed by atoms with Crippen molar-refractivity contribution in [1.82, 2.24) is 0 Å². The molecule has 0 aliphatic carbocycles. The summed E-state index contributed by atoms with van der Waals surface area (Å²) in [5.74, 6) is -8.98. The van der Waals surface area contributed by atoms with Crippen LogP contribution in [0.25, 0.3) is 0 Å². The minimum absolute atomic E-state index is 0. The molecule has 0 bridgehead atoms. The van der Waals surface area contributed by atoms with Crippen molar-refractivity contribution in [2.45, 2.75) is 55.4 Å². The zero-order chi connectivity index (χ0) is 41.2. The zero-order valence-electron chi connectivity index (χ0n) is 31.3. The number of aliphatic carboxylic acids is 8. The van der Waals surface area contributed by atoms with Crippen molar-refractivity contribution < 1.29 is 200 Å². The summed E-state index contributed by atoms with van der Waals surface area (Å²) in [5.41, 5.74) is 0.741. The third-order valence-corrected chi connectivity index (χ3v) is 2.82. The molecule has 0 atom stereocenters. The normalized spacial score (nSPS) is 6.67. The molecule has 0 spiro atoms. The topological polar surface area (TPSA) is 447 Å². The molecular weight excluding hydrogens is 1010 g/mol. The molecule has 0 aromatic heterocycles. The van der Waals surface area contributed by atoms with Crippen LogP contribution < -0.4 is 30.6 Å². The van der Waals surface area contributed by atoms with E-state index in [-0.39, 0.29) is 165 Å². The molecule has 0 rings (SSSR count). The van der Waals surface area contributed by atoms with Gasteiger partial charge in [-0.3, -0.25) is 0 Å². The van der Waals surface area contributed by atoms with E-state index in [2.05, 4.69) is 52.6 Å². The van der Waals surface area contributed by atoms with E-state index in [0.29, 0.717) is 0 Å². The van der Waals surface area contributed by atoms with Gasteiger partial charge in [0, 0.05) is 11.1 Å². The van der Waals surface area contributed by atoms with Gasteiger partial charge in [0.15, 0.2) is 0 Å². The summed E-state index contributed by atoms with van der Waals surface area (Å²) in [5, 5.41) is 72.7. The Hall–Kier alpha value is -3.31. The van der Waals surface area contributed by atoms with E-state index in [4.69, 9.17) is 10.2 Å². The fourth-order valence-electron chi connectivity index (χ4n) is 0. The maximum atomic E-state index is 9.60. The Morgan fingerprint density at radius 2 is 0.333 bits per heavy atom. The molecule has 0 heterocycles. The van der Waals surface area contributed by atoms with Crippen LogP contribution in [-0.2, 0) is 60.3 Å². The average molecular weight is 1060 g/mol. The number of hydrogen-bond donors (Lipinski definition) is 2. The fourth-order valence-corrected chi connectivity index (χ4v) is 0. The summed E-state index contributed by atoms with van der Waals surface area (Å²) < 4.78 is 0. The van der Waals surface area contributed by atoms with Crippen LogP contribution in [0.5, 0.6) is 0 Å². The van der Waals surface area contributed by atoms with Gasteiger partial charge in [0.05, 0.1) is 35.8 Å². The number of carboxylic acids is 8. The van der Waals surface area contributed by atoms with Crippen molar-refractivity contribution in [2.75, 3.05) is 0 Å². The van der Waals surface area contributed by atoms with Gasteiger partial charge in [0.2, 0.25) is 0 Å². The van der Waals surface area contributed by atoms with Gasteiger partial charge in [0.25, 0.3) is 0 Å². The van der Waals surface area contributed by atoms with E-state index >= 15 is 0 Å². The Bertz CT molecular complexity index is 879. The molecule has 20 nitrogen and oxygen atoms in total. The predicted molar refractivity (Wildman–Crippen MR) is 183 cm³/mol. The van der Waals surface area contributed by atoms with Crippen molar-refractivity contribution in [1.29, 1.82) is 0 Å². The van der Waals surface area contributed by atoms with Crippen LogP contribution in [0, 0.1) is 98.8 Å². The number of carbonyl (C=O) groups excluding carboxylic acids is 6. The predicted octanol–water partition coefficient (Wildman–Crippen LogP) is -6.52. The summed E-state index contributed by atoms with van der Waals surface area (Å²) >= 11 is 0. The van der Waals surface area contributed by atoms with Crippen LogP contribution >= 0.6 is 0 Å². The van der Waals surface area contributed by atoms with Crippen LogP contribution in [0.3, 0.4) is 0 Å². The Kier molecular flexibility index (Phi) is 102. The molecule has 0 unspecified atom stereocenters. The summed E-state index contributed by atoms with van der Waals surface area (Å²) in [6, 6.07) is 0. The standard InChI is InChI=1S/8C4H6O2.2Eu.4H2O/c8*1-3(2)4(5)6;;;;;;/h8*1H2,2H3,(H,5,6);;;4*1H2/q;;;;;;;;2*+3;;;;/p-2. The van der Waals surface area contributed by atoms with Crippen LogP contribution in [0.15, 0.2) is 97.2 Å². The quantitative estimate of drug-likeness (QED) is 0.169. The number of hydrogen-bond acceptors (Lipinski definition) is 14. The number of rotatable bonds is 8. The van der Waals surface area contributed by atoms with Crippen molar-refractivity contribution in [3.8, 4) is 0 Å². The van der Waals surface area contributed by atoms with Gasteiger partial charge in [-0.1, -0.05) is 52.6 Å². The Labute approximate surface area is 395 Å². The maximum Gasteiger partial charge on any atom is 3.00 e. The third kappa shape index (κ3) is 135. The van der Waals surface area contributed by atoms with Crippen LogP contribution in [0.4, 0.5) is 0 Å². The second kappa shape index (κ2) is 59.0. The largest absolute Gasteiger partial charge is 3.00 e. The van der Waals surface area contributed by atoms with E-state index in [0.717, 1.165) is 0 Å². The molecule has 22 heteroatoms. The molecule has 0 amide bonds. The third-order valence-electron chi connectivity index (χ3n) is 2.82. The van der Waals surface area contributed by atoms with Crippen molar-refractivity contribution in [3.05, 3.63) is 97.2 Å². The first kappa shape index (κ1) is 93.0. The summed E-state index contributed by atoms with van der Waals surface area (Å²) in [6.07, 6.45) is 0. The van der Waals surface area contributed by atoms with Crippen LogP contribution in [0.1, 0.15) is 55.4 Å². The smallest absolute Gasteiger partial charge is 0.545 e. The van der Waals surface area contributed by atoms with Crippen molar-refractivity contribution >= 4 is 47.8 Å². The zero-order valence-corrected chi connectivity index (χ0v) is 36.2. The van der Waals surface area contributed by atoms with Gasteiger partial charge in [-0.25, -0.2) is 9.59 Å². The second-order valence-electron chi connectivity index (χ2n) is 8.58. The van der Waals surface area contributed by atoms with E-state index in [9.17, 15) is 69.0 Å². The molecular formula is C32H54Eu2O20+4. The van der Waals surface area contributed by atoms with Gasteiger partial charge in [-0.2, -0.15) is 0 Å². The van der Waals surface area contributed by atoms with E-state index < -0.39 is 47.8 Å². The van der Waals surface area contributed by atoms with Crippen molar-refractivity contribution in [3.63, 3.8) is 0 Å². The van der Waals surface area contributed by atoms with Crippen molar-refractivity contribution in [2.24, 2.45) is 0 Å². The fraction of sp³-hybridized carbons (Fsp3) is 0.250. The van der Waals surface area contributed by atoms with Crippen LogP contribution in [0.2, 0.25) is 0 Å². The first-order chi connectivity index (χ1) is 21.1. The molecule has 0 saturated heterocycles. The van der Waals surface area contributed by atoms with E-state index in [1.807, 2.05) is 0 Å². The molecule has 14 N–H and O–H groups in total. The molecule has 0 fully saturated rings. The number of carboxylic acid groups (broad SMARTS) is 8. The minimum Gasteiger partial charge on any atom is -0.545 e. The number of carbonyl (C=O) groups is 8. The molecule has 0 radical (unpaired) electrons. The summed E-state index contributed by atoms with van der Waals surface area (Å²) in [7, 11) is 0. The molecule has 0 aromatic rings. The molecule has 0 aliphatic rings. The first-order valence-corrected chi connectivity index (χ1v) is 12.1. The Balaban J connectivity index is -0.0000000278. The molecule has 0 saturated carbocycles. The van der Waals surface area contributed by atoms with Gasteiger partial charge >= 0.3 is 111 Å². The molecule has 0 aromatic carbocycles. The molecule has 0 aliphatic heterocycles. The monoisotopic (exact) mass is 1060 g/mol. The summed E-state index contributed by atoms with van der Waals surface area (Å²) in [4.78, 5) is 76.1. The average Bonchev–Trinajstić information content (AvgIpc) is 2.90. The summed E-state index contributed by atoms with van der Waals surface area (Å²) in [6.45, 7) is 36.1. The van der Waals surface area contributed by atoms with E-state index in [1.165, 1.54) is 55.4 Å². The van der Waals surface area contributed by atoms with Gasteiger partial charge in [0.1, 0.15) is 0 Å².